The van der Waals surface area contributed by atoms with E-state index < -0.39 is 0 Å². The normalized spacial score (nSPS) is 24.4. The zero-order valence-corrected chi connectivity index (χ0v) is 10.6. The summed E-state index contributed by atoms with van der Waals surface area (Å²) in [5.74, 6) is 1.34. The van der Waals surface area contributed by atoms with Crippen molar-refractivity contribution in [2.75, 3.05) is 13.2 Å². The van der Waals surface area contributed by atoms with Crippen LogP contribution in [-0.2, 0) is 17.9 Å². The first-order valence-electron chi connectivity index (χ1n) is 6.62. The van der Waals surface area contributed by atoms with Crippen LogP contribution in [0.5, 0.6) is 0 Å². The highest BCUT2D eigenvalue weighted by Gasteiger charge is 2.25. The van der Waals surface area contributed by atoms with E-state index in [1.807, 2.05) is 12.5 Å². The minimum Gasteiger partial charge on any atom is -0.375 e. The molecule has 1 aliphatic rings. The summed E-state index contributed by atoms with van der Waals surface area (Å²) in [5, 5.41) is 0. The van der Waals surface area contributed by atoms with Crippen molar-refractivity contribution >= 4 is 0 Å². The third-order valence-corrected chi connectivity index (χ3v) is 3.84. The second kappa shape index (κ2) is 6.17. The summed E-state index contributed by atoms with van der Waals surface area (Å²) in [6, 6.07) is 0. The second-order valence-corrected chi connectivity index (χ2v) is 4.87. The molecule has 0 bridgehead atoms. The van der Waals surface area contributed by atoms with Gasteiger partial charge >= 0.3 is 0 Å². The van der Waals surface area contributed by atoms with Gasteiger partial charge < -0.3 is 15.0 Å². The molecular formula is C13H23N3O. The molecule has 17 heavy (non-hydrogen) atoms. The maximum atomic E-state index is 5.82. The number of nitrogens with zero attached hydrogens (tertiary/aromatic N) is 2. The van der Waals surface area contributed by atoms with E-state index in [1.165, 1.54) is 19.3 Å². The first-order chi connectivity index (χ1) is 8.35. The zero-order valence-electron chi connectivity index (χ0n) is 10.6. The molecule has 1 aromatic heterocycles. The third-order valence-electron chi connectivity index (χ3n) is 3.84. The molecule has 96 valence electrons. The standard InChI is InChI=1S/C13H23N3O/c1-2-16-10-15-7-13(16)9-17-8-12-5-3-4-11(12)6-14/h7,10-12H,2-6,8-9,14H2,1H3. The number of imidazole rings is 1. The minimum atomic E-state index is 0.665. The van der Waals surface area contributed by atoms with Crippen LogP contribution in [0.25, 0.3) is 0 Å². The summed E-state index contributed by atoms with van der Waals surface area (Å²) in [6.07, 6.45) is 7.60. The first-order valence-corrected chi connectivity index (χ1v) is 6.62. The van der Waals surface area contributed by atoms with Crippen molar-refractivity contribution in [1.29, 1.82) is 0 Å². The van der Waals surface area contributed by atoms with Gasteiger partial charge in [0.15, 0.2) is 0 Å². The fourth-order valence-corrected chi connectivity index (χ4v) is 2.71. The van der Waals surface area contributed by atoms with Crippen LogP contribution in [0.2, 0.25) is 0 Å². The first kappa shape index (κ1) is 12.6. The van der Waals surface area contributed by atoms with Crippen LogP contribution >= 0.6 is 0 Å². The van der Waals surface area contributed by atoms with Crippen LogP contribution in [0.15, 0.2) is 12.5 Å². The Labute approximate surface area is 103 Å². The van der Waals surface area contributed by atoms with Gasteiger partial charge in [0.1, 0.15) is 0 Å². The molecular weight excluding hydrogens is 214 g/mol. The summed E-state index contributed by atoms with van der Waals surface area (Å²) in [5.41, 5.74) is 6.93. The lowest BCUT2D eigenvalue weighted by molar-refractivity contribution is 0.0717. The zero-order chi connectivity index (χ0) is 12.1. The lowest BCUT2D eigenvalue weighted by atomic mass is 9.97. The van der Waals surface area contributed by atoms with Crippen molar-refractivity contribution in [3.8, 4) is 0 Å². The van der Waals surface area contributed by atoms with Gasteiger partial charge in [-0.05, 0) is 38.1 Å². The molecule has 2 N–H and O–H groups in total. The van der Waals surface area contributed by atoms with Crippen molar-refractivity contribution in [3.63, 3.8) is 0 Å². The fraction of sp³-hybridized carbons (Fsp3) is 0.769. The quantitative estimate of drug-likeness (QED) is 0.820. The molecule has 4 heteroatoms. The van der Waals surface area contributed by atoms with Crippen LogP contribution in [-0.4, -0.2) is 22.7 Å². The van der Waals surface area contributed by atoms with Crippen molar-refractivity contribution in [2.24, 2.45) is 17.6 Å². The molecule has 0 aromatic carbocycles. The molecule has 1 heterocycles. The Bertz CT molecular complexity index is 337. The van der Waals surface area contributed by atoms with Crippen molar-refractivity contribution < 1.29 is 4.74 Å². The predicted molar refractivity (Wildman–Crippen MR) is 67.4 cm³/mol. The molecule has 1 aliphatic carbocycles. The Morgan fingerprint density at radius 2 is 2.29 bits per heavy atom. The topological polar surface area (TPSA) is 53.1 Å². The highest BCUT2D eigenvalue weighted by atomic mass is 16.5. The smallest absolute Gasteiger partial charge is 0.0948 e. The number of nitrogens with two attached hydrogens (primary N) is 1. The van der Waals surface area contributed by atoms with E-state index in [0.717, 1.165) is 25.4 Å². The van der Waals surface area contributed by atoms with Crippen LogP contribution in [0, 0.1) is 11.8 Å². The van der Waals surface area contributed by atoms with E-state index in [1.54, 1.807) is 0 Å². The number of ether oxygens (including phenoxy) is 1. The average molecular weight is 237 g/mol. The van der Waals surface area contributed by atoms with E-state index in [2.05, 4.69) is 16.5 Å². The molecule has 4 nitrogen and oxygen atoms in total. The highest BCUT2D eigenvalue weighted by Crippen LogP contribution is 2.31. The number of rotatable bonds is 6. The van der Waals surface area contributed by atoms with E-state index in [-0.39, 0.29) is 0 Å². The molecule has 0 saturated heterocycles. The highest BCUT2D eigenvalue weighted by molar-refractivity contribution is 4.96. The van der Waals surface area contributed by atoms with Crippen LogP contribution < -0.4 is 5.73 Å². The molecule has 2 rings (SSSR count). The number of aromatic nitrogens is 2. The van der Waals surface area contributed by atoms with Crippen molar-refractivity contribution in [1.82, 2.24) is 9.55 Å². The predicted octanol–water partition coefficient (Wildman–Crippen LogP) is 1.79. The number of aryl methyl sites for hydroxylation is 1. The molecule has 2 atom stereocenters. The summed E-state index contributed by atoms with van der Waals surface area (Å²) in [6.45, 7) is 5.39. The molecule has 1 saturated carbocycles. The van der Waals surface area contributed by atoms with Gasteiger partial charge in [-0.15, -0.1) is 0 Å². The van der Waals surface area contributed by atoms with E-state index in [0.29, 0.717) is 18.4 Å². The number of hydrogen-bond donors (Lipinski definition) is 1. The summed E-state index contributed by atoms with van der Waals surface area (Å²) in [7, 11) is 0. The summed E-state index contributed by atoms with van der Waals surface area (Å²) >= 11 is 0. The lowest BCUT2D eigenvalue weighted by Crippen LogP contribution is -2.22. The number of hydrogen-bond acceptors (Lipinski definition) is 3. The van der Waals surface area contributed by atoms with Crippen LogP contribution in [0.4, 0.5) is 0 Å². The fourth-order valence-electron chi connectivity index (χ4n) is 2.71. The van der Waals surface area contributed by atoms with Gasteiger partial charge in [-0.3, -0.25) is 0 Å². The maximum Gasteiger partial charge on any atom is 0.0948 e. The molecule has 1 aromatic rings. The Kier molecular flexibility index (Phi) is 4.57. The molecule has 0 amide bonds. The van der Waals surface area contributed by atoms with Crippen molar-refractivity contribution in [2.45, 2.75) is 39.3 Å². The Hall–Kier alpha value is -0.870. The third kappa shape index (κ3) is 3.07. The van der Waals surface area contributed by atoms with Gasteiger partial charge in [-0.1, -0.05) is 6.42 Å². The molecule has 0 spiro atoms. The average Bonchev–Trinajstić information content (AvgIpc) is 2.97. The van der Waals surface area contributed by atoms with Crippen molar-refractivity contribution in [3.05, 3.63) is 18.2 Å². The van der Waals surface area contributed by atoms with Crippen LogP contribution in [0.1, 0.15) is 31.9 Å². The summed E-state index contributed by atoms with van der Waals surface area (Å²) in [4.78, 5) is 4.14. The van der Waals surface area contributed by atoms with Gasteiger partial charge in [0, 0.05) is 6.54 Å². The van der Waals surface area contributed by atoms with Crippen LogP contribution in [0.3, 0.4) is 0 Å². The SMILES string of the molecule is CCn1cncc1COCC1CCCC1CN. The molecule has 0 aliphatic heterocycles. The maximum absolute atomic E-state index is 5.82. The van der Waals surface area contributed by atoms with Gasteiger partial charge in [0.05, 0.1) is 31.4 Å². The van der Waals surface area contributed by atoms with Gasteiger partial charge in [-0.25, -0.2) is 4.98 Å². The largest absolute Gasteiger partial charge is 0.375 e. The minimum absolute atomic E-state index is 0.665. The Morgan fingerprint density at radius 1 is 1.47 bits per heavy atom. The monoisotopic (exact) mass is 237 g/mol. The van der Waals surface area contributed by atoms with E-state index in [4.69, 9.17) is 10.5 Å². The lowest BCUT2D eigenvalue weighted by Gasteiger charge is -2.17. The Balaban J connectivity index is 1.76. The van der Waals surface area contributed by atoms with Gasteiger partial charge in [0.2, 0.25) is 0 Å². The molecule has 2 unspecified atom stereocenters. The second-order valence-electron chi connectivity index (χ2n) is 4.87. The van der Waals surface area contributed by atoms with Gasteiger partial charge in [-0.2, -0.15) is 0 Å². The van der Waals surface area contributed by atoms with Gasteiger partial charge in [0.25, 0.3) is 0 Å². The molecule has 0 radical (unpaired) electrons. The Morgan fingerprint density at radius 3 is 3.06 bits per heavy atom. The molecule has 1 fully saturated rings. The van der Waals surface area contributed by atoms with E-state index in [9.17, 15) is 0 Å². The van der Waals surface area contributed by atoms with E-state index >= 15 is 0 Å². The summed E-state index contributed by atoms with van der Waals surface area (Å²) < 4.78 is 7.94.